The number of rotatable bonds is 6. The summed E-state index contributed by atoms with van der Waals surface area (Å²) in [6.45, 7) is 7.68. The first-order valence-corrected chi connectivity index (χ1v) is 7.24. The summed E-state index contributed by atoms with van der Waals surface area (Å²) in [6, 6.07) is 6.84. The molecule has 0 spiro atoms. The van der Waals surface area contributed by atoms with Crippen molar-refractivity contribution in [1.29, 1.82) is 0 Å². The molecule has 1 aromatic carbocycles. The molecule has 0 saturated carbocycles. The van der Waals surface area contributed by atoms with Crippen LogP contribution in [0.1, 0.15) is 45.2 Å². The summed E-state index contributed by atoms with van der Waals surface area (Å²) in [7, 11) is 0. The van der Waals surface area contributed by atoms with Crippen LogP contribution in [0.2, 0.25) is 0 Å². The molecule has 0 fully saturated rings. The molecule has 1 atom stereocenters. The molecule has 0 aliphatic carbocycles. The first-order valence-electron chi connectivity index (χ1n) is 7.24. The van der Waals surface area contributed by atoms with Gasteiger partial charge in [-0.1, -0.05) is 39.7 Å². The van der Waals surface area contributed by atoms with E-state index in [0.717, 1.165) is 17.6 Å². The lowest BCUT2D eigenvalue weighted by Gasteiger charge is -2.26. The van der Waals surface area contributed by atoms with Crippen molar-refractivity contribution < 1.29 is 0 Å². The van der Waals surface area contributed by atoms with Gasteiger partial charge in [-0.05, 0) is 30.2 Å². The second-order valence-corrected chi connectivity index (χ2v) is 4.92. The van der Waals surface area contributed by atoms with Crippen molar-refractivity contribution in [3.8, 4) is 0 Å². The molecule has 1 unspecified atom stereocenters. The Morgan fingerprint density at radius 3 is 2.32 bits per heavy atom. The molecule has 0 aliphatic rings. The molecule has 0 radical (unpaired) electrons. The largest absolute Gasteiger partial charge is 0.310 e. The van der Waals surface area contributed by atoms with Crippen molar-refractivity contribution in [1.82, 2.24) is 15.3 Å². The van der Waals surface area contributed by atoms with Gasteiger partial charge in [-0.2, -0.15) is 0 Å². The summed E-state index contributed by atoms with van der Waals surface area (Å²) in [4.78, 5) is 8.74. The van der Waals surface area contributed by atoms with Gasteiger partial charge in [0.2, 0.25) is 0 Å². The highest BCUT2D eigenvalue weighted by atomic mass is 14.9. The Morgan fingerprint density at radius 2 is 1.68 bits per heavy atom. The summed E-state index contributed by atoms with van der Waals surface area (Å²) >= 11 is 0. The number of hydrogen-bond acceptors (Lipinski definition) is 3. The zero-order valence-electron chi connectivity index (χ0n) is 12.1. The van der Waals surface area contributed by atoms with E-state index < -0.39 is 0 Å². The SMILES string of the molecule is CCNC(c1ccc2nccnc2c1)C(CC)CC. The van der Waals surface area contributed by atoms with Gasteiger partial charge in [0.25, 0.3) is 0 Å². The van der Waals surface area contributed by atoms with Gasteiger partial charge in [-0.25, -0.2) is 0 Å². The van der Waals surface area contributed by atoms with Crippen LogP contribution in [-0.2, 0) is 0 Å². The third-order valence-corrected chi connectivity index (χ3v) is 3.80. The molecule has 1 heterocycles. The molecule has 3 heteroatoms. The Balaban J connectivity index is 2.37. The van der Waals surface area contributed by atoms with Crippen molar-refractivity contribution in [2.24, 2.45) is 5.92 Å². The Morgan fingerprint density at radius 1 is 1.00 bits per heavy atom. The number of benzene rings is 1. The zero-order valence-corrected chi connectivity index (χ0v) is 12.1. The summed E-state index contributed by atoms with van der Waals surface area (Å²) in [5.41, 5.74) is 3.27. The van der Waals surface area contributed by atoms with Crippen LogP contribution in [0.4, 0.5) is 0 Å². The lowest BCUT2D eigenvalue weighted by atomic mass is 9.88. The van der Waals surface area contributed by atoms with Crippen LogP contribution >= 0.6 is 0 Å². The first kappa shape index (κ1) is 13.9. The van der Waals surface area contributed by atoms with Crippen LogP contribution < -0.4 is 5.32 Å². The molecule has 0 aliphatic heterocycles. The third kappa shape index (κ3) is 3.10. The van der Waals surface area contributed by atoms with Crippen LogP contribution in [0.3, 0.4) is 0 Å². The predicted octanol–water partition coefficient (Wildman–Crippen LogP) is 3.72. The van der Waals surface area contributed by atoms with Crippen LogP contribution in [0.25, 0.3) is 11.0 Å². The van der Waals surface area contributed by atoms with E-state index in [1.807, 2.05) is 0 Å². The molecule has 2 rings (SSSR count). The van der Waals surface area contributed by atoms with E-state index in [1.165, 1.54) is 18.4 Å². The highest BCUT2D eigenvalue weighted by molar-refractivity contribution is 5.74. The van der Waals surface area contributed by atoms with E-state index in [4.69, 9.17) is 0 Å². The van der Waals surface area contributed by atoms with Crippen molar-refractivity contribution in [3.05, 3.63) is 36.2 Å². The first-order chi connectivity index (χ1) is 9.30. The third-order valence-electron chi connectivity index (χ3n) is 3.80. The lowest BCUT2D eigenvalue weighted by molar-refractivity contribution is 0.347. The molecule has 1 N–H and O–H groups in total. The van der Waals surface area contributed by atoms with Gasteiger partial charge in [-0.15, -0.1) is 0 Å². The minimum Gasteiger partial charge on any atom is -0.310 e. The maximum atomic E-state index is 4.41. The zero-order chi connectivity index (χ0) is 13.7. The number of hydrogen-bond donors (Lipinski definition) is 1. The molecule has 19 heavy (non-hydrogen) atoms. The van der Waals surface area contributed by atoms with Gasteiger partial charge in [0.15, 0.2) is 0 Å². The van der Waals surface area contributed by atoms with Gasteiger partial charge in [0.05, 0.1) is 11.0 Å². The minimum atomic E-state index is 0.409. The molecule has 102 valence electrons. The normalized spacial score (nSPS) is 13.1. The smallest absolute Gasteiger partial charge is 0.0890 e. The molecule has 1 aromatic heterocycles. The van der Waals surface area contributed by atoms with E-state index in [0.29, 0.717) is 12.0 Å². The molecule has 3 nitrogen and oxygen atoms in total. The van der Waals surface area contributed by atoms with Crippen LogP contribution in [-0.4, -0.2) is 16.5 Å². The van der Waals surface area contributed by atoms with E-state index in [9.17, 15) is 0 Å². The fraction of sp³-hybridized carbons (Fsp3) is 0.500. The number of nitrogens with zero attached hydrogens (tertiary/aromatic N) is 2. The van der Waals surface area contributed by atoms with Crippen LogP contribution in [0.5, 0.6) is 0 Å². The maximum absolute atomic E-state index is 4.41. The highest BCUT2D eigenvalue weighted by Crippen LogP contribution is 2.28. The van der Waals surface area contributed by atoms with Crippen molar-refractivity contribution in [3.63, 3.8) is 0 Å². The van der Waals surface area contributed by atoms with Gasteiger partial charge in [-0.3, -0.25) is 9.97 Å². The van der Waals surface area contributed by atoms with Gasteiger partial charge < -0.3 is 5.32 Å². The summed E-state index contributed by atoms with van der Waals surface area (Å²) in [6.07, 6.45) is 5.87. The van der Waals surface area contributed by atoms with E-state index in [1.54, 1.807) is 12.4 Å². The van der Waals surface area contributed by atoms with Crippen LogP contribution in [0.15, 0.2) is 30.6 Å². The standard InChI is InChI=1S/C16H23N3/c1-4-12(5-2)16(17-6-3)13-7-8-14-15(11-13)19-10-9-18-14/h7-12,16-17H,4-6H2,1-3H3. The van der Waals surface area contributed by atoms with Gasteiger partial charge in [0, 0.05) is 18.4 Å². The monoisotopic (exact) mass is 257 g/mol. The van der Waals surface area contributed by atoms with Gasteiger partial charge >= 0.3 is 0 Å². The Hall–Kier alpha value is -1.48. The van der Waals surface area contributed by atoms with Crippen molar-refractivity contribution in [2.45, 2.75) is 39.7 Å². The van der Waals surface area contributed by atoms with E-state index >= 15 is 0 Å². The Kier molecular flexibility index (Phi) is 4.86. The topological polar surface area (TPSA) is 37.8 Å². The van der Waals surface area contributed by atoms with Crippen molar-refractivity contribution >= 4 is 11.0 Å². The highest BCUT2D eigenvalue weighted by Gasteiger charge is 2.19. The lowest BCUT2D eigenvalue weighted by Crippen LogP contribution is -2.27. The van der Waals surface area contributed by atoms with Crippen LogP contribution in [0, 0.1) is 5.92 Å². The summed E-state index contributed by atoms with van der Waals surface area (Å²) < 4.78 is 0. The summed E-state index contributed by atoms with van der Waals surface area (Å²) in [5.74, 6) is 0.661. The average Bonchev–Trinajstić information content (AvgIpc) is 2.47. The second kappa shape index (κ2) is 6.62. The molecular weight excluding hydrogens is 234 g/mol. The molecule has 0 amide bonds. The number of fused-ring (bicyclic) bond motifs is 1. The molecule has 0 saturated heterocycles. The average molecular weight is 257 g/mol. The molecule has 0 bridgehead atoms. The number of aromatic nitrogens is 2. The Bertz CT molecular complexity index is 520. The van der Waals surface area contributed by atoms with E-state index in [2.05, 4.69) is 54.3 Å². The van der Waals surface area contributed by atoms with E-state index in [-0.39, 0.29) is 0 Å². The minimum absolute atomic E-state index is 0.409. The van der Waals surface area contributed by atoms with Gasteiger partial charge in [0.1, 0.15) is 0 Å². The quantitative estimate of drug-likeness (QED) is 0.857. The maximum Gasteiger partial charge on any atom is 0.0890 e. The molecule has 2 aromatic rings. The van der Waals surface area contributed by atoms with Crippen molar-refractivity contribution in [2.75, 3.05) is 6.54 Å². The fourth-order valence-electron chi connectivity index (χ4n) is 2.71. The molecular formula is C16H23N3. The summed E-state index contributed by atoms with van der Waals surface area (Å²) in [5, 5.41) is 3.62. The predicted molar refractivity (Wildman–Crippen MR) is 80.0 cm³/mol. The Labute approximate surface area is 115 Å². The number of nitrogens with one attached hydrogen (secondary N) is 1. The second-order valence-electron chi connectivity index (χ2n) is 4.92. The fourth-order valence-corrected chi connectivity index (χ4v) is 2.71.